The third-order valence-corrected chi connectivity index (χ3v) is 4.86. The molecular formula is C21H18BrN3O7. The molecule has 0 saturated heterocycles. The fourth-order valence-electron chi connectivity index (χ4n) is 2.87. The minimum atomic E-state index is -0.962. The maximum Gasteiger partial charge on any atom is 0.513 e. The SMILES string of the molecule is COC(=O)Nc1ccc(CNC=C2C(=O)NC(=O)c3ccc(Br)cc32)cc1OC(=O)OC. The van der Waals surface area contributed by atoms with E-state index in [9.17, 15) is 19.2 Å². The van der Waals surface area contributed by atoms with Crippen LogP contribution in [0.15, 0.2) is 47.1 Å². The van der Waals surface area contributed by atoms with Gasteiger partial charge in [-0.2, -0.15) is 0 Å². The standard InChI is InChI=1S/C21H18BrN3O7/c1-30-20(28)24-16-6-3-11(7-17(16)32-21(29)31-2)9-23-10-15-14-8-12(22)4-5-13(14)18(26)25-19(15)27/h3-8,10,23H,9H2,1-2H3,(H,24,28)(H,25,26,27). The minimum absolute atomic E-state index is 0.0458. The van der Waals surface area contributed by atoms with Crippen molar-refractivity contribution in [2.75, 3.05) is 19.5 Å². The van der Waals surface area contributed by atoms with Crippen LogP contribution in [0.5, 0.6) is 5.75 Å². The van der Waals surface area contributed by atoms with Gasteiger partial charge >= 0.3 is 12.2 Å². The van der Waals surface area contributed by atoms with E-state index in [4.69, 9.17) is 4.74 Å². The Bertz CT molecular complexity index is 1130. The number of ether oxygens (including phenoxy) is 3. The van der Waals surface area contributed by atoms with Crippen molar-refractivity contribution in [1.29, 1.82) is 0 Å². The molecular weight excluding hydrogens is 486 g/mol. The van der Waals surface area contributed by atoms with E-state index in [1.165, 1.54) is 25.4 Å². The van der Waals surface area contributed by atoms with Crippen LogP contribution in [0.2, 0.25) is 0 Å². The highest BCUT2D eigenvalue weighted by Crippen LogP contribution is 2.28. The Labute approximate surface area is 191 Å². The molecule has 0 aromatic heterocycles. The molecule has 0 saturated carbocycles. The Morgan fingerprint density at radius 2 is 1.81 bits per heavy atom. The smallest absolute Gasteiger partial charge is 0.453 e. The van der Waals surface area contributed by atoms with Crippen molar-refractivity contribution in [2.45, 2.75) is 6.54 Å². The fraction of sp³-hybridized carbons (Fsp3) is 0.143. The molecule has 1 aliphatic rings. The molecule has 3 amide bonds. The number of rotatable bonds is 5. The Hall–Kier alpha value is -3.86. The first kappa shape index (κ1) is 22.8. The van der Waals surface area contributed by atoms with Gasteiger partial charge in [0.15, 0.2) is 5.75 Å². The highest BCUT2D eigenvalue weighted by atomic mass is 79.9. The van der Waals surface area contributed by atoms with Gasteiger partial charge < -0.3 is 19.5 Å². The molecule has 0 spiro atoms. The summed E-state index contributed by atoms with van der Waals surface area (Å²) in [7, 11) is 2.36. The second kappa shape index (κ2) is 9.96. The molecule has 0 fully saturated rings. The number of benzene rings is 2. The van der Waals surface area contributed by atoms with Crippen molar-refractivity contribution < 1.29 is 33.4 Å². The summed E-state index contributed by atoms with van der Waals surface area (Å²) >= 11 is 3.34. The van der Waals surface area contributed by atoms with E-state index in [0.29, 0.717) is 16.7 Å². The summed E-state index contributed by atoms with van der Waals surface area (Å²) in [6.45, 7) is 0.240. The molecule has 0 aliphatic carbocycles. The maximum atomic E-state index is 12.3. The van der Waals surface area contributed by atoms with Crippen LogP contribution in [-0.4, -0.2) is 38.3 Å². The molecule has 1 heterocycles. The quantitative estimate of drug-likeness (QED) is 0.245. The van der Waals surface area contributed by atoms with Crippen LogP contribution in [0.4, 0.5) is 15.3 Å². The predicted octanol–water partition coefficient (Wildman–Crippen LogP) is 3.17. The second-order valence-electron chi connectivity index (χ2n) is 6.42. The molecule has 32 heavy (non-hydrogen) atoms. The average Bonchev–Trinajstić information content (AvgIpc) is 2.77. The summed E-state index contributed by atoms with van der Waals surface area (Å²) in [6, 6.07) is 9.75. The third kappa shape index (κ3) is 5.24. The van der Waals surface area contributed by atoms with Crippen molar-refractivity contribution in [1.82, 2.24) is 10.6 Å². The number of imide groups is 1. The zero-order chi connectivity index (χ0) is 23.3. The summed E-state index contributed by atoms with van der Waals surface area (Å²) in [5.74, 6) is -0.946. The van der Waals surface area contributed by atoms with E-state index in [1.807, 2.05) is 0 Å². The molecule has 10 nitrogen and oxygen atoms in total. The van der Waals surface area contributed by atoms with Crippen LogP contribution in [0.1, 0.15) is 21.5 Å². The number of carbonyl (C=O) groups excluding carboxylic acids is 4. The normalized spacial score (nSPS) is 13.7. The number of anilines is 1. The van der Waals surface area contributed by atoms with E-state index >= 15 is 0 Å². The van der Waals surface area contributed by atoms with Gasteiger partial charge in [-0.25, -0.2) is 9.59 Å². The summed E-state index contributed by atoms with van der Waals surface area (Å²) < 4.78 is 14.9. The van der Waals surface area contributed by atoms with Crippen molar-refractivity contribution in [3.63, 3.8) is 0 Å². The van der Waals surface area contributed by atoms with Crippen LogP contribution in [0.3, 0.4) is 0 Å². The van der Waals surface area contributed by atoms with Crippen LogP contribution in [-0.2, 0) is 20.8 Å². The van der Waals surface area contributed by atoms with Crippen molar-refractivity contribution >= 4 is 51.3 Å². The first-order valence-electron chi connectivity index (χ1n) is 9.15. The zero-order valence-corrected chi connectivity index (χ0v) is 18.6. The van der Waals surface area contributed by atoms with Gasteiger partial charge in [0.2, 0.25) is 0 Å². The Kier molecular flexibility index (Phi) is 7.11. The number of halogens is 1. The van der Waals surface area contributed by atoms with Crippen LogP contribution in [0, 0.1) is 0 Å². The predicted molar refractivity (Wildman–Crippen MR) is 117 cm³/mol. The topological polar surface area (TPSA) is 132 Å². The van der Waals surface area contributed by atoms with Crippen molar-refractivity contribution in [2.24, 2.45) is 0 Å². The van der Waals surface area contributed by atoms with Gasteiger partial charge in [-0.3, -0.25) is 20.2 Å². The number of hydrogen-bond donors (Lipinski definition) is 3. The van der Waals surface area contributed by atoms with E-state index < -0.39 is 24.1 Å². The molecule has 0 atom stereocenters. The molecule has 2 aromatic rings. The molecule has 11 heteroatoms. The van der Waals surface area contributed by atoms with Crippen LogP contribution < -0.4 is 20.7 Å². The lowest BCUT2D eigenvalue weighted by Gasteiger charge is -2.18. The highest BCUT2D eigenvalue weighted by molar-refractivity contribution is 9.10. The van der Waals surface area contributed by atoms with Gasteiger partial charge in [-0.1, -0.05) is 22.0 Å². The summed E-state index contributed by atoms with van der Waals surface area (Å²) in [5.41, 5.74) is 2.03. The number of methoxy groups -OCH3 is 2. The van der Waals surface area contributed by atoms with Crippen LogP contribution >= 0.6 is 15.9 Å². The van der Waals surface area contributed by atoms with E-state index in [0.717, 1.165) is 11.6 Å². The number of hydrogen-bond acceptors (Lipinski definition) is 8. The zero-order valence-electron chi connectivity index (χ0n) is 17.0. The molecule has 166 valence electrons. The first-order valence-corrected chi connectivity index (χ1v) is 9.94. The molecule has 0 bridgehead atoms. The van der Waals surface area contributed by atoms with Crippen LogP contribution in [0.25, 0.3) is 5.57 Å². The number of fused-ring (bicyclic) bond motifs is 1. The van der Waals surface area contributed by atoms with Gasteiger partial charge in [0, 0.05) is 28.3 Å². The monoisotopic (exact) mass is 503 g/mol. The Balaban J connectivity index is 1.82. The third-order valence-electron chi connectivity index (χ3n) is 4.37. The largest absolute Gasteiger partial charge is 0.513 e. The Morgan fingerprint density at radius 1 is 1.03 bits per heavy atom. The summed E-state index contributed by atoms with van der Waals surface area (Å²) in [5, 5.41) is 7.74. The molecule has 0 radical (unpaired) electrons. The fourth-order valence-corrected chi connectivity index (χ4v) is 3.23. The van der Waals surface area contributed by atoms with Gasteiger partial charge in [0.25, 0.3) is 11.8 Å². The van der Waals surface area contributed by atoms with E-state index in [1.54, 1.807) is 24.3 Å². The highest BCUT2D eigenvalue weighted by Gasteiger charge is 2.27. The van der Waals surface area contributed by atoms with Crippen molar-refractivity contribution in [3.8, 4) is 5.75 Å². The Morgan fingerprint density at radius 3 is 2.53 bits per heavy atom. The van der Waals surface area contributed by atoms with Crippen molar-refractivity contribution in [3.05, 3.63) is 63.8 Å². The van der Waals surface area contributed by atoms with Gasteiger partial charge in [-0.05, 0) is 35.9 Å². The second-order valence-corrected chi connectivity index (χ2v) is 7.33. The lowest BCUT2D eigenvalue weighted by atomic mass is 9.95. The molecule has 1 aliphatic heterocycles. The average molecular weight is 504 g/mol. The molecule has 2 aromatic carbocycles. The van der Waals surface area contributed by atoms with E-state index in [-0.39, 0.29) is 23.6 Å². The maximum absolute atomic E-state index is 12.3. The summed E-state index contributed by atoms with van der Waals surface area (Å²) in [6.07, 6.45) is -0.206. The van der Waals surface area contributed by atoms with Gasteiger partial charge in [0.05, 0.1) is 25.5 Å². The molecule has 3 N–H and O–H groups in total. The number of amides is 3. The van der Waals surface area contributed by atoms with E-state index in [2.05, 4.69) is 41.4 Å². The minimum Gasteiger partial charge on any atom is -0.453 e. The number of nitrogens with one attached hydrogen (secondary N) is 3. The molecule has 0 unspecified atom stereocenters. The lowest BCUT2D eigenvalue weighted by Crippen LogP contribution is -2.37. The molecule has 3 rings (SSSR count). The number of carbonyl (C=O) groups is 4. The van der Waals surface area contributed by atoms with Gasteiger partial charge in [-0.15, -0.1) is 0 Å². The first-order chi connectivity index (χ1) is 15.3. The van der Waals surface area contributed by atoms with Gasteiger partial charge in [0.1, 0.15) is 0 Å². The summed E-state index contributed by atoms with van der Waals surface area (Å²) in [4.78, 5) is 47.4. The lowest BCUT2D eigenvalue weighted by molar-refractivity contribution is -0.114.